The number of anilines is 1. The molecule has 0 aliphatic carbocycles. The summed E-state index contributed by atoms with van der Waals surface area (Å²) in [6.07, 6.45) is 0.158. The van der Waals surface area contributed by atoms with Crippen molar-refractivity contribution in [1.82, 2.24) is 5.32 Å². The minimum absolute atomic E-state index is 0.000973. The van der Waals surface area contributed by atoms with Gasteiger partial charge < -0.3 is 15.7 Å². The topological polar surface area (TPSA) is 61.4 Å². The Morgan fingerprint density at radius 2 is 2.21 bits per heavy atom. The molecule has 1 atom stereocenters. The second kappa shape index (κ2) is 5.52. The van der Waals surface area contributed by atoms with Gasteiger partial charge in [-0.1, -0.05) is 18.2 Å². The van der Waals surface area contributed by atoms with Crippen LogP contribution in [0.5, 0.6) is 0 Å². The summed E-state index contributed by atoms with van der Waals surface area (Å²) in [6.45, 7) is -1.46. The summed E-state index contributed by atoms with van der Waals surface area (Å²) in [5.41, 5.74) is 2.02. The van der Waals surface area contributed by atoms with E-state index in [1.165, 1.54) is 0 Å². The van der Waals surface area contributed by atoms with E-state index in [9.17, 15) is 13.6 Å². The Kier molecular flexibility index (Phi) is 3.99. The number of halogens is 2. The summed E-state index contributed by atoms with van der Waals surface area (Å²) in [5.74, 6) is -3.70. The molecule has 1 amide bonds. The van der Waals surface area contributed by atoms with E-state index in [1.54, 1.807) is 0 Å². The van der Waals surface area contributed by atoms with E-state index in [2.05, 4.69) is 10.6 Å². The van der Waals surface area contributed by atoms with Crippen LogP contribution in [0.25, 0.3) is 0 Å². The van der Waals surface area contributed by atoms with Crippen molar-refractivity contribution in [3.05, 3.63) is 29.8 Å². The Morgan fingerprint density at radius 1 is 1.47 bits per heavy atom. The zero-order chi connectivity index (χ0) is 13.9. The highest BCUT2D eigenvalue weighted by Crippen LogP contribution is 2.33. The van der Waals surface area contributed by atoms with E-state index in [1.807, 2.05) is 24.3 Å². The van der Waals surface area contributed by atoms with Gasteiger partial charge in [0.05, 0.1) is 6.54 Å². The molecular formula is C13H16F2N2O2. The Bertz CT molecular complexity index is 466. The van der Waals surface area contributed by atoms with E-state index in [0.29, 0.717) is 6.54 Å². The quantitative estimate of drug-likeness (QED) is 0.756. The molecule has 104 valence electrons. The van der Waals surface area contributed by atoms with E-state index in [-0.39, 0.29) is 12.3 Å². The van der Waals surface area contributed by atoms with E-state index in [4.69, 9.17) is 5.11 Å². The SMILES string of the molecule is O=C(CC1CNc2ccccc21)NCC(F)(F)CO. The minimum Gasteiger partial charge on any atom is -0.390 e. The van der Waals surface area contributed by atoms with Crippen LogP contribution in [0, 0.1) is 0 Å². The second-order valence-corrected chi connectivity index (χ2v) is 4.66. The molecule has 1 aromatic carbocycles. The van der Waals surface area contributed by atoms with Gasteiger partial charge in [-0.25, -0.2) is 8.78 Å². The van der Waals surface area contributed by atoms with Crippen molar-refractivity contribution in [2.75, 3.05) is 25.0 Å². The number of nitrogens with one attached hydrogen (secondary N) is 2. The number of fused-ring (bicyclic) bond motifs is 1. The molecule has 1 aromatic rings. The van der Waals surface area contributed by atoms with Crippen LogP contribution in [0.4, 0.5) is 14.5 Å². The number of amides is 1. The van der Waals surface area contributed by atoms with Crippen LogP contribution in [0.3, 0.4) is 0 Å². The molecule has 0 bridgehead atoms. The molecule has 1 heterocycles. The summed E-state index contributed by atoms with van der Waals surface area (Å²) >= 11 is 0. The van der Waals surface area contributed by atoms with Crippen molar-refractivity contribution in [2.24, 2.45) is 0 Å². The van der Waals surface area contributed by atoms with Crippen molar-refractivity contribution >= 4 is 11.6 Å². The lowest BCUT2D eigenvalue weighted by molar-refractivity contribution is -0.124. The number of carbonyl (C=O) groups is 1. The predicted molar refractivity (Wildman–Crippen MR) is 67.3 cm³/mol. The van der Waals surface area contributed by atoms with Gasteiger partial charge in [0, 0.05) is 24.6 Å². The monoisotopic (exact) mass is 270 g/mol. The normalized spacial score (nSPS) is 17.7. The maximum Gasteiger partial charge on any atom is 0.287 e. The van der Waals surface area contributed by atoms with Gasteiger partial charge in [-0.2, -0.15) is 0 Å². The van der Waals surface area contributed by atoms with E-state index < -0.39 is 25.0 Å². The molecule has 0 spiro atoms. The van der Waals surface area contributed by atoms with Crippen LogP contribution in [0.2, 0.25) is 0 Å². The van der Waals surface area contributed by atoms with Crippen LogP contribution in [-0.2, 0) is 4.79 Å². The van der Waals surface area contributed by atoms with Crippen molar-refractivity contribution in [3.63, 3.8) is 0 Å². The third-order valence-corrected chi connectivity index (χ3v) is 3.15. The Labute approximate surface area is 109 Å². The van der Waals surface area contributed by atoms with Crippen molar-refractivity contribution in [2.45, 2.75) is 18.3 Å². The smallest absolute Gasteiger partial charge is 0.287 e. The number of benzene rings is 1. The average Bonchev–Trinajstić information content (AvgIpc) is 2.80. The zero-order valence-electron chi connectivity index (χ0n) is 10.3. The molecule has 1 aliphatic heterocycles. The molecule has 0 fully saturated rings. The fourth-order valence-corrected chi connectivity index (χ4v) is 2.12. The van der Waals surface area contributed by atoms with E-state index >= 15 is 0 Å². The lowest BCUT2D eigenvalue weighted by atomic mass is 9.97. The number of para-hydroxylation sites is 1. The van der Waals surface area contributed by atoms with Crippen LogP contribution < -0.4 is 10.6 Å². The summed E-state index contributed by atoms with van der Waals surface area (Å²) < 4.78 is 25.6. The zero-order valence-corrected chi connectivity index (χ0v) is 10.3. The molecular weight excluding hydrogens is 254 g/mol. The molecule has 0 saturated heterocycles. The van der Waals surface area contributed by atoms with Crippen LogP contribution in [0.15, 0.2) is 24.3 Å². The lowest BCUT2D eigenvalue weighted by Crippen LogP contribution is -2.39. The molecule has 0 radical (unpaired) electrons. The maximum absolute atomic E-state index is 12.8. The first-order valence-electron chi connectivity index (χ1n) is 6.10. The Balaban J connectivity index is 1.88. The highest BCUT2D eigenvalue weighted by atomic mass is 19.3. The number of aliphatic hydroxyl groups excluding tert-OH is 1. The summed E-state index contributed by atoms with van der Waals surface area (Å²) in [4.78, 5) is 11.6. The number of hydrogen-bond acceptors (Lipinski definition) is 3. The van der Waals surface area contributed by atoms with Crippen LogP contribution >= 0.6 is 0 Å². The molecule has 1 aliphatic rings. The summed E-state index contributed by atoms with van der Waals surface area (Å²) in [7, 11) is 0. The molecule has 2 rings (SSSR count). The number of carbonyl (C=O) groups excluding carboxylic acids is 1. The fraction of sp³-hybridized carbons (Fsp3) is 0.462. The van der Waals surface area contributed by atoms with Gasteiger partial charge in [0.15, 0.2) is 0 Å². The van der Waals surface area contributed by atoms with Crippen LogP contribution in [-0.4, -0.2) is 36.6 Å². The fourth-order valence-electron chi connectivity index (χ4n) is 2.12. The highest BCUT2D eigenvalue weighted by Gasteiger charge is 2.29. The first-order chi connectivity index (χ1) is 9.02. The first-order valence-corrected chi connectivity index (χ1v) is 6.10. The van der Waals surface area contributed by atoms with Crippen molar-refractivity contribution < 1.29 is 18.7 Å². The third kappa shape index (κ3) is 3.41. The molecule has 1 unspecified atom stereocenters. The van der Waals surface area contributed by atoms with Gasteiger partial charge in [-0.05, 0) is 11.6 Å². The average molecular weight is 270 g/mol. The van der Waals surface area contributed by atoms with Gasteiger partial charge in [0.1, 0.15) is 6.61 Å². The number of alkyl halides is 2. The number of hydrogen-bond donors (Lipinski definition) is 3. The molecule has 4 nitrogen and oxygen atoms in total. The van der Waals surface area contributed by atoms with Gasteiger partial charge in [0.25, 0.3) is 5.92 Å². The summed E-state index contributed by atoms with van der Waals surface area (Å²) in [6, 6.07) is 7.63. The molecule has 3 N–H and O–H groups in total. The lowest BCUT2D eigenvalue weighted by Gasteiger charge is -2.15. The molecule has 0 saturated carbocycles. The highest BCUT2D eigenvalue weighted by molar-refractivity contribution is 5.78. The maximum atomic E-state index is 12.8. The minimum atomic E-state index is -3.26. The van der Waals surface area contributed by atoms with Gasteiger partial charge in [-0.3, -0.25) is 4.79 Å². The van der Waals surface area contributed by atoms with Crippen molar-refractivity contribution in [1.29, 1.82) is 0 Å². The molecule has 6 heteroatoms. The van der Waals surface area contributed by atoms with Crippen LogP contribution in [0.1, 0.15) is 17.9 Å². The number of aliphatic hydroxyl groups is 1. The predicted octanol–water partition coefficient (Wildman–Crippen LogP) is 1.33. The first kappa shape index (κ1) is 13.7. The third-order valence-electron chi connectivity index (χ3n) is 3.15. The van der Waals surface area contributed by atoms with Gasteiger partial charge in [0.2, 0.25) is 5.91 Å². The van der Waals surface area contributed by atoms with Gasteiger partial charge in [-0.15, -0.1) is 0 Å². The standard InChI is InChI=1S/C13H16F2N2O2/c14-13(15,8-18)7-17-12(19)5-9-6-16-11-4-2-1-3-10(9)11/h1-4,9,16,18H,5-8H2,(H,17,19). The Hall–Kier alpha value is -1.69. The van der Waals surface area contributed by atoms with Crippen molar-refractivity contribution in [3.8, 4) is 0 Å². The van der Waals surface area contributed by atoms with E-state index in [0.717, 1.165) is 11.3 Å². The Morgan fingerprint density at radius 3 is 2.95 bits per heavy atom. The second-order valence-electron chi connectivity index (χ2n) is 4.66. The largest absolute Gasteiger partial charge is 0.390 e. The molecule has 0 aromatic heterocycles. The molecule has 19 heavy (non-hydrogen) atoms. The summed E-state index contributed by atoms with van der Waals surface area (Å²) in [5, 5.41) is 13.7. The van der Waals surface area contributed by atoms with Gasteiger partial charge >= 0.3 is 0 Å². The number of rotatable bonds is 5.